The average molecular weight is 571 g/mol. The second-order valence-electron chi connectivity index (χ2n) is 11.7. The Labute approximate surface area is 247 Å². The van der Waals surface area contributed by atoms with Gasteiger partial charge in [-0.3, -0.25) is 9.59 Å². The lowest BCUT2D eigenvalue weighted by Crippen LogP contribution is -2.86. The number of unbranched alkanes of at least 4 members (excludes halogenated alkanes) is 14. The van der Waals surface area contributed by atoms with Crippen LogP contribution in [-0.4, -0.2) is 63.7 Å². The molecule has 0 fully saturated rings. The highest BCUT2D eigenvalue weighted by Crippen LogP contribution is 2.13. The first kappa shape index (κ1) is 38.8. The lowest BCUT2D eigenvalue weighted by atomic mass is 10.0. The summed E-state index contributed by atoms with van der Waals surface area (Å²) in [6, 6.07) is -0.457. The Morgan fingerprint density at radius 2 is 1.10 bits per heavy atom. The van der Waals surface area contributed by atoms with Crippen LogP contribution in [-0.2, 0) is 9.59 Å². The molecule has 0 heterocycles. The molecule has 0 aliphatic rings. The van der Waals surface area contributed by atoms with E-state index in [2.05, 4.69) is 28.2 Å². The van der Waals surface area contributed by atoms with Gasteiger partial charge >= 0.3 is 0 Å². The topological polar surface area (TPSA) is 143 Å². The van der Waals surface area contributed by atoms with Gasteiger partial charge in [0.25, 0.3) is 0 Å². The van der Waals surface area contributed by atoms with Crippen molar-refractivity contribution in [3.05, 3.63) is 0 Å². The highest BCUT2D eigenvalue weighted by molar-refractivity contribution is 5.81. The zero-order valence-electron chi connectivity index (χ0n) is 26.5. The van der Waals surface area contributed by atoms with Crippen molar-refractivity contribution in [2.45, 2.75) is 148 Å². The van der Waals surface area contributed by atoms with Crippen LogP contribution >= 0.6 is 0 Å². The first-order chi connectivity index (χ1) is 19.6. The summed E-state index contributed by atoms with van der Waals surface area (Å²) in [6.07, 6.45) is 24.7. The van der Waals surface area contributed by atoms with Crippen molar-refractivity contribution in [1.82, 2.24) is 10.6 Å². The third-order valence-corrected chi connectivity index (χ3v) is 7.67. The summed E-state index contributed by atoms with van der Waals surface area (Å²) in [4.78, 5) is 24.2. The number of nitrogens with two attached hydrogens (primary N) is 4. The second-order valence-corrected chi connectivity index (χ2v) is 11.7. The third kappa shape index (κ3) is 29.8. The van der Waals surface area contributed by atoms with Gasteiger partial charge in [0.15, 0.2) is 0 Å². The number of hydrogen-bond donors (Lipinski definition) is 6. The summed E-state index contributed by atoms with van der Waals surface area (Å²) in [7, 11) is 0. The Kier molecular flexibility index (Phi) is 31.3. The zero-order valence-corrected chi connectivity index (χ0v) is 26.5. The number of quaternary nitrogens is 2. The van der Waals surface area contributed by atoms with Crippen LogP contribution in [0.3, 0.4) is 0 Å². The van der Waals surface area contributed by atoms with E-state index in [1.807, 2.05) is 0 Å². The van der Waals surface area contributed by atoms with Gasteiger partial charge in [-0.25, -0.2) is 0 Å². The molecule has 40 heavy (non-hydrogen) atoms. The maximum atomic E-state index is 12.2. The van der Waals surface area contributed by atoms with Crippen LogP contribution in [0.2, 0.25) is 0 Å². The number of rotatable bonds is 32. The van der Waals surface area contributed by atoms with Crippen molar-refractivity contribution in [3.63, 3.8) is 0 Å². The van der Waals surface area contributed by atoms with Crippen LogP contribution in [0.1, 0.15) is 142 Å². The predicted molar refractivity (Wildman–Crippen MR) is 169 cm³/mol. The van der Waals surface area contributed by atoms with Gasteiger partial charge in [-0.15, -0.1) is 0 Å². The molecule has 0 aliphatic carbocycles. The van der Waals surface area contributed by atoms with Crippen LogP contribution in [0.25, 0.3) is 0 Å². The van der Waals surface area contributed by atoms with Crippen molar-refractivity contribution in [2.75, 3.05) is 45.8 Å². The molecule has 1 atom stereocenters. The van der Waals surface area contributed by atoms with E-state index in [4.69, 9.17) is 11.5 Å². The Bertz CT molecular complexity index is 549. The van der Waals surface area contributed by atoms with Gasteiger partial charge in [0.05, 0.1) is 32.2 Å². The predicted octanol–water partition coefficient (Wildman–Crippen LogP) is 2.84. The van der Waals surface area contributed by atoms with E-state index in [9.17, 15) is 9.59 Å². The molecule has 0 aromatic rings. The highest BCUT2D eigenvalue weighted by atomic mass is 16.2. The lowest BCUT2D eigenvalue weighted by molar-refractivity contribution is -0.664. The molecule has 2 amide bonds. The minimum absolute atomic E-state index is 0.0561. The van der Waals surface area contributed by atoms with Gasteiger partial charge in [0.2, 0.25) is 11.8 Å². The van der Waals surface area contributed by atoms with Crippen molar-refractivity contribution < 1.29 is 20.2 Å². The van der Waals surface area contributed by atoms with Crippen LogP contribution in [0, 0.1) is 0 Å². The van der Waals surface area contributed by atoms with Crippen LogP contribution < -0.4 is 32.7 Å². The summed E-state index contributed by atoms with van der Waals surface area (Å²) < 4.78 is 0. The number of carbonyl (C=O) groups excluding carboxylic acids is 2. The number of nitrogens with one attached hydrogen (secondary N) is 2. The fraction of sp³-hybridized carbons (Fsp3) is 0.938. The molecule has 0 saturated carbocycles. The van der Waals surface area contributed by atoms with Gasteiger partial charge in [-0.05, 0) is 32.2 Å². The molecule has 8 nitrogen and oxygen atoms in total. The van der Waals surface area contributed by atoms with E-state index in [0.29, 0.717) is 25.9 Å². The van der Waals surface area contributed by atoms with Gasteiger partial charge in [0.1, 0.15) is 0 Å². The Morgan fingerprint density at radius 3 is 1.68 bits per heavy atom. The number of amides is 2. The Balaban J connectivity index is 3.38. The lowest BCUT2D eigenvalue weighted by Gasteiger charge is -2.12. The molecule has 0 aliphatic heterocycles. The molecule has 0 spiro atoms. The van der Waals surface area contributed by atoms with Crippen LogP contribution in [0.4, 0.5) is 0 Å². The van der Waals surface area contributed by atoms with E-state index >= 15 is 0 Å². The minimum Gasteiger partial charge on any atom is -0.356 e. The first-order valence-electron chi connectivity index (χ1n) is 17.2. The monoisotopic (exact) mass is 571 g/mol. The SMILES string of the molecule is CCCCCCCCCCCCCCCC(=O)NCCCC[C@@H](N)C(=O)NCCC[NH2+]CCCC[NH2+]CCCN. The fourth-order valence-corrected chi connectivity index (χ4v) is 4.96. The average Bonchev–Trinajstić information content (AvgIpc) is 2.95. The Hall–Kier alpha value is -1.22. The maximum absolute atomic E-state index is 12.2. The Morgan fingerprint density at radius 1 is 0.600 bits per heavy atom. The zero-order chi connectivity index (χ0) is 29.4. The molecule has 0 aromatic carbocycles. The normalized spacial score (nSPS) is 12.0. The van der Waals surface area contributed by atoms with E-state index in [1.54, 1.807) is 0 Å². The fourth-order valence-electron chi connectivity index (χ4n) is 4.96. The standard InChI is InChI=1S/C32H68N6O2/c1-2-3-4-5-6-7-8-9-10-11-12-13-14-22-31(39)37-28-16-15-21-30(34)32(40)38-29-20-27-36-25-18-17-24-35-26-19-23-33/h30,35-36H,2-29,33-34H2,1H3,(H,37,39)(H,38,40)/p+2/t30-/m1/s1. The van der Waals surface area contributed by atoms with Crippen LogP contribution in [0.5, 0.6) is 0 Å². The maximum Gasteiger partial charge on any atom is 0.236 e. The number of hydrogen-bond acceptors (Lipinski definition) is 4. The molecular weight excluding hydrogens is 500 g/mol. The molecule has 8 heteroatoms. The molecule has 0 rings (SSSR count). The summed E-state index contributed by atoms with van der Waals surface area (Å²) >= 11 is 0. The van der Waals surface area contributed by atoms with Crippen molar-refractivity contribution in [1.29, 1.82) is 0 Å². The molecule has 0 bridgehead atoms. The van der Waals surface area contributed by atoms with E-state index in [0.717, 1.165) is 64.7 Å². The van der Waals surface area contributed by atoms with Gasteiger partial charge in [-0.1, -0.05) is 84.0 Å². The van der Waals surface area contributed by atoms with Gasteiger partial charge < -0.3 is 32.7 Å². The molecule has 238 valence electrons. The van der Waals surface area contributed by atoms with Crippen LogP contribution in [0.15, 0.2) is 0 Å². The summed E-state index contributed by atoms with van der Waals surface area (Å²) in [5.41, 5.74) is 11.5. The van der Waals surface area contributed by atoms with E-state index < -0.39 is 6.04 Å². The van der Waals surface area contributed by atoms with Gasteiger partial charge in [0, 0.05) is 45.2 Å². The largest absolute Gasteiger partial charge is 0.356 e. The summed E-state index contributed by atoms with van der Waals surface area (Å²) in [6.45, 7) is 8.92. The molecule has 0 saturated heterocycles. The molecule has 0 unspecified atom stereocenters. The minimum atomic E-state index is -0.457. The van der Waals surface area contributed by atoms with Crippen molar-refractivity contribution in [3.8, 4) is 0 Å². The second kappa shape index (κ2) is 32.3. The van der Waals surface area contributed by atoms with E-state index in [1.165, 1.54) is 90.0 Å². The molecule has 10 N–H and O–H groups in total. The van der Waals surface area contributed by atoms with Crippen molar-refractivity contribution >= 4 is 11.8 Å². The highest BCUT2D eigenvalue weighted by Gasteiger charge is 2.12. The molecular formula is C32H70N6O2+2. The summed E-state index contributed by atoms with van der Waals surface area (Å²) in [5.74, 6) is 0.0993. The summed E-state index contributed by atoms with van der Waals surface area (Å²) in [5, 5.41) is 10.7. The van der Waals surface area contributed by atoms with Crippen molar-refractivity contribution in [2.24, 2.45) is 11.5 Å². The first-order valence-corrected chi connectivity index (χ1v) is 17.2. The smallest absolute Gasteiger partial charge is 0.236 e. The quantitative estimate of drug-likeness (QED) is 0.0691. The third-order valence-electron chi connectivity index (χ3n) is 7.67. The van der Waals surface area contributed by atoms with Gasteiger partial charge in [-0.2, -0.15) is 0 Å². The number of carbonyl (C=O) groups is 2. The molecule has 0 radical (unpaired) electrons. The van der Waals surface area contributed by atoms with E-state index in [-0.39, 0.29) is 11.8 Å². The molecule has 0 aromatic heterocycles.